The van der Waals surface area contributed by atoms with Crippen LogP contribution in [0.5, 0.6) is 0 Å². The second kappa shape index (κ2) is 11.7. The maximum absolute atomic E-state index is 13.0. The van der Waals surface area contributed by atoms with Crippen molar-refractivity contribution in [1.82, 2.24) is 10.3 Å². The summed E-state index contributed by atoms with van der Waals surface area (Å²) in [5, 5.41) is 9.99. The van der Waals surface area contributed by atoms with Gasteiger partial charge in [-0.2, -0.15) is 0 Å². The van der Waals surface area contributed by atoms with E-state index >= 15 is 0 Å². The van der Waals surface area contributed by atoms with Crippen LogP contribution >= 0.6 is 0 Å². The molecule has 2 aliphatic heterocycles. The Bertz CT molecular complexity index is 1610. The van der Waals surface area contributed by atoms with Gasteiger partial charge in [0.25, 0.3) is 11.8 Å². The quantitative estimate of drug-likeness (QED) is 0.269. The van der Waals surface area contributed by atoms with E-state index in [0.717, 1.165) is 29.8 Å². The number of amides is 2. The summed E-state index contributed by atoms with van der Waals surface area (Å²) in [5.74, 6) is 0.252. The highest BCUT2D eigenvalue weighted by molar-refractivity contribution is 6.39. The lowest BCUT2D eigenvalue weighted by atomic mass is 9.96. The number of carbonyl (C=O) groups excluding carboxylic acids is 2. The molecule has 0 saturated carbocycles. The zero-order valence-corrected chi connectivity index (χ0v) is 23.1. The minimum absolute atomic E-state index is 0.190. The van der Waals surface area contributed by atoms with E-state index in [0.29, 0.717) is 48.7 Å². The second-order valence-electron chi connectivity index (χ2n) is 10.7. The summed E-state index contributed by atoms with van der Waals surface area (Å²) in [6, 6.07) is 29.1. The Balaban J connectivity index is 1.03. The summed E-state index contributed by atoms with van der Waals surface area (Å²) in [7, 11) is 0. The lowest BCUT2D eigenvalue weighted by molar-refractivity contribution is -0.114. The standard InChI is InChI=1S/C33H32N6O3/c34-27-13-11-25(24-9-5-2-6-10-24)19-28(27)37-31(40)26-12-14-30(36-21-26)39-18-16-33(22-39)20-29(38-42-33)32(41)35-17-15-23-7-3-1-4-8-23/h1-14,19,21H,15-18,20,22,34H2,(H,35,41)(H,37,40). The molecular weight excluding hydrogens is 528 g/mol. The van der Waals surface area contributed by atoms with Crippen LogP contribution < -0.4 is 21.3 Å². The average molecular weight is 561 g/mol. The summed E-state index contributed by atoms with van der Waals surface area (Å²) >= 11 is 0. The van der Waals surface area contributed by atoms with Crippen molar-refractivity contribution in [3.8, 4) is 11.1 Å². The lowest BCUT2D eigenvalue weighted by Crippen LogP contribution is -2.37. The molecular formula is C33H32N6O3. The van der Waals surface area contributed by atoms with E-state index in [1.807, 2.05) is 78.9 Å². The minimum atomic E-state index is -0.550. The van der Waals surface area contributed by atoms with Crippen molar-refractivity contribution in [2.24, 2.45) is 5.16 Å². The third-order valence-corrected chi connectivity index (χ3v) is 7.70. The van der Waals surface area contributed by atoms with Gasteiger partial charge in [0.15, 0.2) is 5.60 Å². The number of aromatic nitrogens is 1. The van der Waals surface area contributed by atoms with E-state index in [2.05, 4.69) is 25.7 Å². The van der Waals surface area contributed by atoms with Crippen molar-refractivity contribution in [2.75, 3.05) is 35.6 Å². The monoisotopic (exact) mass is 560 g/mol. The molecule has 42 heavy (non-hydrogen) atoms. The van der Waals surface area contributed by atoms with Crippen LogP contribution in [0, 0.1) is 0 Å². The molecule has 4 N–H and O–H groups in total. The van der Waals surface area contributed by atoms with E-state index < -0.39 is 5.60 Å². The van der Waals surface area contributed by atoms with Crippen LogP contribution in [0.3, 0.4) is 0 Å². The third kappa shape index (κ3) is 5.95. The normalized spacial score (nSPS) is 17.5. The van der Waals surface area contributed by atoms with Crippen molar-refractivity contribution in [1.29, 1.82) is 0 Å². The molecule has 3 aromatic carbocycles. The molecule has 9 nitrogen and oxygen atoms in total. The first-order valence-corrected chi connectivity index (χ1v) is 14.0. The van der Waals surface area contributed by atoms with E-state index in [1.165, 1.54) is 5.56 Å². The molecule has 0 bridgehead atoms. The SMILES string of the molecule is Nc1ccc(-c2ccccc2)cc1NC(=O)c1ccc(N2CCC3(CC(C(=O)NCCc4ccccc4)=NO3)C2)nc1. The Labute approximate surface area is 244 Å². The van der Waals surface area contributed by atoms with Gasteiger partial charge in [0.1, 0.15) is 11.5 Å². The van der Waals surface area contributed by atoms with Gasteiger partial charge in [-0.05, 0) is 47.4 Å². The molecule has 1 fully saturated rings. The third-order valence-electron chi connectivity index (χ3n) is 7.70. The van der Waals surface area contributed by atoms with Crippen LogP contribution in [0.4, 0.5) is 17.2 Å². The van der Waals surface area contributed by atoms with Crippen molar-refractivity contribution in [3.63, 3.8) is 0 Å². The van der Waals surface area contributed by atoms with Gasteiger partial charge in [0.2, 0.25) is 0 Å². The number of pyridine rings is 1. The van der Waals surface area contributed by atoms with Gasteiger partial charge in [-0.15, -0.1) is 0 Å². The maximum Gasteiger partial charge on any atom is 0.269 e. The van der Waals surface area contributed by atoms with E-state index in [9.17, 15) is 9.59 Å². The van der Waals surface area contributed by atoms with Crippen LogP contribution in [0.15, 0.2) is 102 Å². The molecule has 2 amide bonds. The Morgan fingerprint density at radius 3 is 2.48 bits per heavy atom. The number of nitrogens with one attached hydrogen (secondary N) is 2. The van der Waals surface area contributed by atoms with Crippen LogP contribution in [0.25, 0.3) is 11.1 Å². The van der Waals surface area contributed by atoms with E-state index in [4.69, 9.17) is 10.6 Å². The molecule has 1 aromatic heterocycles. The number of hydrogen-bond donors (Lipinski definition) is 3. The van der Waals surface area contributed by atoms with Crippen LogP contribution in [0.2, 0.25) is 0 Å². The van der Waals surface area contributed by atoms with Gasteiger partial charge < -0.3 is 26.1 Å². The summed E-state index contributed by atoms with van der Waals surface area (Å²) < 4.78 is 0. The molecule has 2 aliphatic rings. The molecule has 1 atom stereocenters. The minimum Gasteiger partial charge on any atom is -0.397 e. The molecule has 0 radical (unpaired) electrons. The van der Waals surface area contributed by atoms with Crippen molar-refractivity contribution in [3.05, 3.63) is 108 Å². The first kappa shape index (κ1) is 27.0. The van der Waals surface area contributed by atoms with E-state index in [-0.39, 0.29) is 11.8 Å². The average Bonchev–Trinajstić information content (AvgIpc) is 3.65. The molecule has 4 aromatic rings. The van der Waals surface area contributed by atoms with Crippen molar-refractivity contribution >= 4 is 34.7 Å². The van der Waals surface area contributed by atoms with Gasteiger partial charge in [0, 0.05) is 32.1 Å². The topological polar surface area (TPSA) is 122 Å². The fourth-order valence-corrected chi connectivity index (χ4v) is 5.35. The smallest absolute Gasteiger partial charge is 0.269 e. The van der Waals surface area contributed by atoms with Gasteiger partial charge in [0.05, 0.1) is 23.5 Å². The van der Waals surface area contributed by atoms with Crippen molar-refractivity contribution < 1.29 is 14.4 Å². The Kier molecular flexibility index (Phi) is 7.55. The number of rotatable bonds is 8. The highest BCUT2D eigenvalue weighted by Crippen LogP contribution is 2.35. The molecule has 1 spiro atoms. The Morgan fingerprint density at radius 2 is 1.71 bits per heavy atom. The molecule has 1 unspecified atom stereocenters. The number of anilines is 3. The molecule has 3 heterocycles. The highest BCUT2D eigenvalue weighted by Gasteiger charge is 2.47. The first-order chi connectivity index (χ1) is 20.5. The fraction of sp³-hybridized carbons (Fsp3) is 0.212. The number of benzene rings is 3. The molecule has 1 saturated heterocycles. The number of carbonyl (C=O) groups is 2. The van der Waals surface area contributed by atoms with Crippen LogP contribution in [-0.4, -0.2) is 47.7 Å². The van der Waals surface area contributed by atoms with E-state index in [1.54, 1.807) is 18.3 Å². The summed E-state index contributed by atoms with van der Waals surface area (Å²) in [4.78, 5) is 38.1. The number of nitrogen functional groups attached to an aromatic ring is 1. The first-order valence-electron chi connectivity index (χ1n) is 14.0. The predicted molar refractivity (Wildman–Crippen MR) is 164 cm³/mol. The second-order valence-corrected chi connectivity index (χ2v) is 10.7. The van der Waals surface area contributed by atoms with Crippen LogP contribution in [0.1, 0.15) is 28.8 Å². The summed E-state index contributed by atoms with van der Waals surface area (Å²) in [6.07, 6.45) is 3.49. The predicted octanol–water partition coefficient (Wildman–Crippen LogP) is 4.67. The van der Waals surface area contributed by atoms with Crippen LogP contribution in [-0.2, 0) is 16.1 Å². The fourth-order valence-electron chi connectivity index (χ4n) is 5.35. The zero-order chi connectivity index (χ0) is 28.9. The molecule has 6 rings (SSSR count). The summed E-state index contributed by atoms with van der Waals surface area (Å²) in [6.45, 7) is 1.80. The maximum atomic E-state index is 13.0. The Morgan fingerprint density at radius 1 is 0.929 bits per heavy atom. The number of oxime groups is 1. The number of hydrogen-bond acceptors (Lipinski definition) is 7. The van der Waals surface area contributed by atoms with Gasteiger partial charge in [-0.1, -0.05) is 71.9 Å². The number of nitrogens with two attached hydrogens (primary N) is 1. The van der Waals surface area contributed by atoms with Gasteiger partial charge >= 0.3 is 0 Å². The van der Waals surface area contributed by atoms with Gasteiger partial charge in [-0.25, -0.2) is 4.98 Å². The molecule has 9 heteroatoms. The zero-order valence-electron chi connectivity index (χ0n) is 23.1. The van der Waals surface area contributed by atoms with Gasteiger partial charge in [-0.3, -0.25) is 9.59 Å². The molecule has 212 valence electrons. The largest absolute Gasteiger partial charge is 0.397 e. The number of nitrogens with zero attached hydrogens (tertiary/aromatic N) is 3. The molecule has 0 aliphatic carbocycles. The summed E-state index contributed by atoms with van der Waals surface area (Å²) in [5.41, 5.74) is 10.6. The van der Waals surface area contributed by atoms with Crippen molar-refractivity contribution in [2.45, 2.75) is 24.9 Å². The highest BCUT2D eigenvalue weighted by atomic mass is 16.7. The Hall–Kier alpha value is -5.18. The lowest BCUT2D eigenvalue weighted by Gasteiger charge is -2.22.